The summed E-state index contributed by atoms with van der Waals surface area (Å²) in [6.45, 7) is 2.65. The van der Waals surface area contributed by atoms with Gasteiger partial charge >= 0.3 is 0 Å². The summed E-state index contributed by atoms with van der Waals surface area (Å²) in [5.74, 6) is -0.218. The van der Waals surface area contributed by atoms with Crippen LogP contribution >= 0.6 is 0 Å². The molecule has 0 aliphatic rings. The highest BCUT2D eigenvalue weighted by molar-refractivity contribution is 6.02. The van der Waals surface area contributed by atoms with Crippen molar-refractivity contribution in [2.45, 2.75) is 13.5 Å². The highest BCUT2D eigenvalue weighted by atomic mass is 16.1. The summed E-state index contributed by atoms with van der Waals surface area (Å²) >= 11 is 0. The smallest absolute Gasteiger partial charge is 0.275 e. The number of nitrogen functional groups attached to an aromatic ring is 1. The van der Waals surface area contributed by atoms with Crippen molar-refractivity contribution in [3.05, 3.63) is 77.9 Å². The number of hydrogen-bond acceptors (Lipinski definition) is 3. The number of anilines is 2. The van der Waals surface area contributed by atoms with Gasteiger partial charge in [0.2, 0.25) is 0 Å². The van der Waals surface area contributed by atoms with Gasteiger partial charge in [-0.05, 0) is 36.8 Å². The quantitative estimate of drug-likeness (QED) is 0.728. The van der Waals surface area contributed by atoms with Gasteiger partial charge in [0.25, 0.3) is 5.91 Å². The van der Waals surface area contributed by atoms with Crippen molar-refractivity contribution < 1.29 is 4.79 Å². The van der Waals surface area contributed by atoms with Crippen molar-refractivity contribution in [1.29, 1.82) is 0 Å². The summed E-state index contributed by atoms with van der Waals surface area (Å²) in [5, 5.41) is 2.84. The third-order valence-corrected chi connectivity index (χ3v) is 3.52. The third kappa shape index (κ3) is 3.77. The summed E-state index contributed by atoms with van der Waals surface area (Å²) in [7, 11) is 0. The highest BCUT2D eigenvalue weighted by Gasteiger charge is 2.09. The summed E-state index contributed by atoms with van der Waals surface area (Å²) < 4.78 is 1.87. The average Bonchev–Trinajstić information content (AvgIpc) is 3.00. The van der Waals surface area contributed by atoms with Crippen LogP contribution in [-0.4, -0.2) is 15.5 Å². The first-order chi connectivity index (χ1) is 11.1. The fourth-order valence-corrected chi connectivity index (χ4v) is 2.23. The minimum atomic E-state index is -0.218. The predicted molar refractivity (Wildman–Crippen MR) is 91.3 cm³/mol. The number of aromatic nitrogens is 2. The lowest BCUT2D eigenvalue weighted by Crippen LogP contribution is -2.12. The van der Waals surface area contributed by atoms with Crippen molar-refractivity contribution in [2.24, 2.45) is 0 Å². The van der Waals surface area contributed by atoms with Crippen molar-refractivity contribution in [2.75, 3.05) is 11.1 Å². The van der Waals surface area contributed by atoms with Gasteiger partial charge in [-0.3, -0.25) is 4.79 Å². The Labute approximate surface area is 134 Å². The van der Waals surface area contributed by atoms with Gasteiger partial charge in [0.05, 0.1) is 6.33 Å². The maximum absolute atomic E-state index is 12.2. The molecule has 0 unspecified atom stereocenters. The zero-order chi connectivity index (χ0) is 16.2. The van der Waals surface area contributed by atoms with Gasteiger partial charge in [-0.15, -0.1) is 0 Å². The van der Waals surface area contributed by atoms with E-state index in [-0.39, 0.29) is 5.91 Å². The fraction of sp³-hybridized carbons (Fsp3) is 0.111. The monoisotopic (exact) mass is 306 g/mol. The zero-order valence-corrected chi connectivity index (χ0v) is 12.9. The molecule has 3 aromatic rings. The molecule has 0 spiro atoms. The second-order valence-electron chi connectivity index (χ2n) is 5.49. The predicted octanol–water partition coefficient (Wildman–Crippen LogP) is 3.07. The van der Waals surface area contributed by atoms with E-state index >= 15 is 0 Å². The maximum atomic E-state index is 12.2. The van der Waals surface area contributed by atoms with Gasteiger partial charge in [0.15, 0.2) is 0 Å². The first-order valence-corrected chi connectivity index (χ1v) is 7.34. The number of rotatable bonds is 4. The van der Waals surface area contributed by atoms with Crippen molar-refractivity contribution in [3.8, 4) is 0 Å². The van der Waals surface area contributed by atoms with Gasteiger partial charge in [-0.1, -0.05) is 29.8 Å². The SMILES string of the molecule is Cc1ccc(NC(=O)c2cn(Cc3ccc(N)cc3)cn2)cc1. The van der Waals surface area contributed by atoms with Crippen LogP contribution < -0.4 is 11.1 Å². The fourth-order valence-electron chi connectivity index (χ4n) is 2.23. The highest BCUT2D eigenvalue weighted by Crippen LogP contribution is 2.11. The van der Waals surface area contributed by atoms with E-state index in [0.29, 0.717) is 12.2 Å². The van der Waals surface area contributed by atoms with Gasteiger partial charge < -0.3 is 15.6 Å². The number of carbonyl (C=O) groups is 1. The van der Waals surface area contributed by atoms with Crippen molar-refractivity contribution >= 4 is 17.3 Å². The Hall–Kier alpha value is -3.08. The number of amides is 1. The first kappa shape index (κ1) is 14.8. The van der Waals surface area contributed by atoms with Gasteiger partial charge in [-0.25, -0.2) is 4.98 Å². The number of imidazole rings is 1. The van der Waals surface area contributed by atoms with E-state index in [1.165, 1.54) is 0 Å². The van der Waals surface area contributed by atoms with Crippen LogP contribution in [0.5, 0.6) is 0 Å². The van der Waals surface area contributed by atoms with Crippen LogP contribution in [0, 0.1) is 6.92 Å². The molecule has 0 bridgehead atoms. The first-order valence-electron chi connectivity index (χ1n) is 7.34. The normalized spacial score (nSPS) is 10.5. The maximum Gasteiger partial charge on any atom is 0.275 e. The average molecular weight is 306 g/mol. The molecule has 2 aromatic carbocycles. The lowest BCUT2D eigenvalue weighted by atomic mass is 10.2. The molecule has 3 N–H and O–H groups in total. The molecule has 3 rings (SSSR count). The van der Waals surface area contributed by atoms with Crippen LogP contribution in [0.1, 0.15) is 21.6 Å². The van der Waals surface area contributed by atoms with Crippen molar-refractivity contribution in [3.63, 3.8) is 0 Å². The number of aryl methyl sites for hydroxylation is 1. The van der Waals surface area contributed by atoms with E-state index in [1.54, 1.807) is 12.5 Å². The number of nitrogens with zero attached hydrogens (tertiary/aromatic N) is 2. The Balaban J connectivity index is 1.67. The zero-order valence-electron chi connectivity index (χ0n) is 12.9. The topological polar surface area (TPSA) is 72.9 Å². The van der Waals surface area contributed by atoms with Gasteiger partial charge in [0, 0.05) is 24.1 Å². The van der Waals surface area contributed by atoms with Gasteiger partial charge in [-0.2, -0.15) is 0 Å². The number of nitrogens with two attached hydrogens (primary N) is 1. The Morgan fingerprint density at radius 1 is 1.13 bits per heavy atom. The Bertz CT molecular complexity index is 804. The van der Waals surface area contributed by atoms with E-state index in [0.717, 1.165) is 22.5 Å². The van der Waals surface area contributed by atoms with E-state index in [2.05, 4.69) is 10.3 Å². The lowest BCUT2D eigenvalue weighted by molar-refractivity contribution is 0.102. The number of benzene rings is 2. The summed E-state index contributed by atoms with van der Waals surface area (Å²) in [6.07, 6.45) is 3.39. The molecule has 116 valence electrons. The van der Waals surface area contributed by atoms with E-state index in [9.17, 15) is 4.79 Å². The second kappa shape index (κ2) is 6.36. The summed E-state index contributed by atoms with van der Waals surface area (Å²) in [5.41, 5.74) is 9.80. The van der Waals surface area contributed by atoms with Crippen LogP contribution in [-0.2, 0) is 6.54 Å². The van der Waals surface area contributed by atoms with E-state index in [1.807, 2.05) is 60.0 Å². The number of nitrogens with one attached hydrogen (secondary N) is 1. The number of carbonyl (C=O) groups excluding carboxylic acids is 1. The summed E-state index contributed by atoms with van der Waals surface area (Å²) in [6, 6.07) is 15.3. The van der Waals surface area contributed by atoms with Crippen molar-refractivity contribution in [1.82, 2.24) is 9.55 Å². The molecule has 1 heterocycles. The van der Waals surface area contributed by atoms with E-state index in [4.69, 9.17) is 5.73 Å². The molecule has 0 saturated carbocycles. The third-order valence-electron chi connectivity index (χ3n) is 3.52. The molecule has 23 heavy (non-hydrogen) atoms. The lowest BCUT2D eigenvalue weighted by Gasteiger charge is -2.04. The molecular weight excluding hydrogens is 288 g/mol. The number of hydrogen-bond donors (Lipinski definition) is 2. The second-order valence-corrected chi connectivity index (χ2v) is 5.49. The standard InChI is InChI=1S/C18H18N4O/c1-13-2-8-16(9-3-13)21-18(23)17-11-22(12-20-17)10-14-4-6-15(19)7-5-14/h2-9,11-12H,10,19H2,1H3,(H,21,23). The Morgan fingerprint density at radius 2 is 1.83 bits per heavy atom. The molecule has 0 atom stereocenters. The molecule has 5 heteroatoms. The molecular formula is C18H18N4O. The summed E-state index contributed by atoms with van der Waals surface area (Å²) in [4.78, 5) is 16.4. The Morgan fingerprint density at radius 3 is 2.52 bits per heavy atom. The van der Waals surface area contributed by atoms with Crippen LogP contribution in [0.2, 0.25) is 0 Å². The molecule has 5 nitrogen and oxygen atoms in total. The largest absolute Gasteiger partial charge is 0.399 e. The van der Waals surface area contributed by atoms with E-state index < -0.39 is 0 Å². The molecule has 0 radical (unpaired) electrons. The minimum Gasteiger partial charge on any atom is -0.399 e. The minimum absolute atomic E-state index is 0.218. The van der Waals surface area contributed by atoms with Gasteiger partial charge in [0.1, 0.15) is 5.69 Å². The molecule has 0 saturated heterocycles. The molecule has 1 amide bonds. The molecule has 1 aromatic heterocycles. The van der Waals surface area contributed by atoms with Crippen LogP contribution in [0.15, 0.2) is 61.1 Å². The van der Waals surface area contributed by atoms with Crippen LogP contribution in [0.4, 0.5) is 11.4 Å². The molecule has 0 aliphatic heterocycles. The molecule has 0 aliphatic carbocycles. The van der Waals surface area contributed by atoms with Crippen LogP contribution in [0.25, 0.3) is 0 Å². The Kier molecular flexibility index (Phi) is 4.10. The van der Waals surface area contributed by atoms with Crippen LogP contribution in [0.3, 0.4) is 0 Å². The molecule has 0 fully saturated rings.